The van der Waals surface area contributed by atoms with Gasteiger partial charge in [0.25, 0.3) is 5.91 Å². The van der Waals surface area contributed by atoms with Crippen LogP contribution in [-0.4, -0.2) is 56.2 Å². The molecule has 2 aliphatic rings. The van der Waals surface area contributed by atoms with Gasteiger partial charge in [-0.1, -0.05) is 0 Å². The SMILES string of the molecule is COc1cc2c(cc1OC)[C@@H]1[C@@H](C(=O)O)c3cc(OC)c(OC)cc3C(=O)N1CS2. The Morgan fingerprint density at radius 2 is 1.47 bits per heavy atom. The molecule has 0 unspecified atom stereocenters. The van der Waals surface area contributed by atoms with Gasteiger partial charge in [0.15, 0.2) is 23.0 Å². The van der Waals surface area contributed by atoms with Crippen LogP contribution >= 0.6 is 11.8 Å². The Balaban J connectivity index is 1.95. The molecule has 2 heterocycles. The zero-order valence-electron chi connectivity index (χ0n) is 16.9. The van der Waals surface area contributed by atoms with Gasteiger partial charge in [-0.2, -0.15) is 0 Å². The molecule has 0 aromatic heterocycles. The molecule has 0 saturated heterocycles. The number of ether oxygens (including phenoxy) is 4. The topological polar surface area (TPSA) is 94.5 Å². The molecule has 2 aliphatic heterocycles. The normalized spacial score (nSPS) is 19.3. The number of thioether (sulfide) groups is 1. The van der Waals surface area contributed by atoms with Gasteiger partial charge in [0.05, 0.1) is 40.4 Å². The van der Waals surface area contributed by atoms with E-state index in [0.717, 1.165) is 4.90 Å². The van der Waals surface area contributed by atoms with Crippen LogP contribution in [0.15, 0.2) is 29.2 Å². The molecule has 30 heavy (non-hydrogen) atoms. The lowest BCUT2D eigenvalue weighted by molar-refractivity contribution is -0.140. The zero-order chi connectivity index (χ0) is 21.6. The Morgan fingerprint density at radius 1 is 0.933 bits per heavy atom. The number of hydrogen-bond acceptors (Lipinski definition) is 7. The first-order valence-electron chi connectivity index (χ1n) is 9.13. The van der Waals surface area contributed by atoms with E-state index in [9.17, 15) is 14.7 Å². The average Bonchev–Trinajstić information content (AvgIpc) is 2.76. The number of hydrogen-bond donors (Lipinski definition) is 1. The highest BCUT2D eigenvalue weighted by molar-refractivity contribution is 7.99. The fraction of sp³-hybridized carbons (Fsp3) is 0.333. The molecule has 0 spiro atoms. The first-order chi connectivity index (χ1) is 14.4. The molecule has 8 nitrogen and oxygen atoms in total. The predicted molar refractivity (Wildman–Crippen MR) is 109 cm³/mol. The van der Waals surface area contributed by atoms with Gasteiger partial charge in [-0.25, -0.2) is 0 Å². The number of carboxylic acid groups (broad SMARTS) is 1. The van der Waals surface area contributed by atoms with Crippen LogP contribution in [0.4, 0.5) is 0 Å². The van der Waals surface area contributed by atoms with Crippen molar-refractivity contribution in [1.29, 1.82) is 0 Å². The van der Waals surface area contributed by atoms with Crippen molar-refractivity contribution in [3.05, 3.63) is 41.0 Å². The molecule has 2 aromatic rings. The number of amides is 1. The zero-order valence-corrected chi connectivity index (χ0v) is 17.7. The number of rotatable bonds is 5. The van der Waals surface area contributed by atoms with E-state index in [0.29, 0.717) is 45.6 Å². The highest BCUT2D eigenvalue weighted by Gasteiger charge is 2.47. The van der Waals surface area contributed by atoms with Crippen molar-refractivity contribution in [2.24, 2.45) is 0 Å². The first kappa shape index (κ1) is 20.2. The maximum Gasteiger partial charge on any atom is 0.313 e. The molecule has 1 N–H and O–H groups in total. The van der Waals surface area contributed by atoms with Crippen LogP contribution < -0.4 is 18.9 Å². The van der Waals surface area contributed by atoms with Crippen molar-refractivity contribution in [3.63, 3.8) is 0 Å². The summed E-state index contributed by atoms with van der Waals surface area (Å²) in [6.45, 7) is 0. The van der Waals surface area contributed by atoms with Gasteiger partial charge in [-0.3, -0.25) is 9.59 Å². The summed E-state index contributed by atoms with van der Waals surface area (Å²) in [7, 11) is 6.01. The molecule has 1 amide bonds. The van der Waals surface area contributed by atoms with Crippen molar-refractivity contribution in [1.82, 2.24) is 4.90 Å². The molecule has 0 fully saturated rings. The van der Waals surface area contributed by atoms with E-state index < -0.39 is 17.9 Å². The molecule has 2 atom stereocenters. The average molecular weight is 431 g/mol. The summed E-state index contributed by atoms with van der Waals surface area (Å²) in [6.07, 6.45) is 0. The molecule has 9 heteroatoms. The van der Waals surface area contributed by atoms with Gasteiger partial charge in [-0.15, -0.1) is 11.8 Å². The van der Waals surface area contributed by atoms with Gasteiger partial charge in [0.2, 0.25) is 0 Å². The molecule has 0 saturated carbocycles. The Morgan fingerprint density at radius 3 is 2.03 bits per heavy atom. The van der Waals surface area contributed by atoms with Crippen LogP contribution in [0.5, 0.6) is 23.0 Å². The Kier molecular flexibility index (Phi) is 5.15. The second-order valence-corrected chi connectivity index (χ2v) is 7.84. The van der Waals surface area contributed by atoms with E-state index >= 15 is 0 Å². The lowest BCUT2D eigenvalue weighted by atomic mass is 9.79. The molecule has 0 aliphatic carbocycles. The van der Waals surface area contributed by atoms with E-state index in [2.05, 4.69) is 0 Å². The summed E-state index contributed by atoms with van der Waals surface area (Å²) in [6, 6.07) is 6.04. The second kappa shape index (κ2) is 7.64. The highest BCUT2D eigenvalue weighted by Crippen LogP contribution is 2.53. The monoisotopic (exact) mass is 431 g/mol. The van der Waals surface area contributed by atoms with Crippen LogP contribution in [-0.2, 0) is 4.79 Å². The molecule has 2 aromatic carbocycles. The van der Waals surface area contributed by atoms with Crippen LogP contribution in [0.1, 0.15) is 33.4 Å². The standard InChI is InChI=1S/C21H21NO7S/c1-26-13-5-10-11(6-14(13)27-2)20(23)22-9-30-17-8-16(29-4)15(28-3)7-12(17)19(22)18(10)21(24)25/h5-8,18-19H,9H2,1-4H3,(H,24,25)/t18-,19+/m0/s1. The van der Waals surface area contributed by atoms with Gasteiger partial charge in [-0.05, 0) is 35.4 Å². The predicted octanol–water partition coefficient (Wildman–Crippen LogP) is 3.15. The maximum atomic E-state index is 13.3. The van der Waals surface area contributed by atoms with Crippen molar-refractivity contribution in [2.45, 2.75) is 16.9 Å². The van der Waals surface area contributed by atoms with E-state index in [-0.39, 0.29) is 5.91 Å². The number of benzene rings is 2. The van der Waals surface area contributed by atoms with Gasteiger partial charge >= 0.3 is 5.97 Å². The van der Waals surface area contributed by atoms with Gasteiger partial charge < -0.3 is 29.0 Å². The van der Waals surface area contributed by atoms with Crippen molar-refractivity contribution < 1.29 is 33.6 Å². The second-order valence-electron chi connectivity index (χ2n) is 6.85. The minimum absolute atomic E-state index is 0.249. The van der Waals surface area contributed by atoms with Crippen LogP contribution in [0, 0.1) is 0 Å². The van der Waals surface area contributed by atoms with Gasteiger partial charge in [0, 0.05) is 10.5 Å². The molecular weight excluding hydrogens is 410 g/mol. The third-order valence-electron chi connectivity index (χ3n) is 5.49. The number of carboxylic acids is 1. The fourth-order valence-electron chi connectivity index (χ4n) is 4.09. The summed E-state index contributed by atoms with van der Waals surface area (Å²) < 4.78 is 21.5. The van der Waals surface area contributed by atoms with Crippen LogP contribution in [0.25, 0.3) is 0 Å². The number of aliphatic carboxylic acids is 1. The van der Waals surface area contributed by atoms with E-state index in [1.165, 1.54) is 33.1 Å². The summed E-state index contributed by atoms with van der Waals surface area (Å²) in [5.74, 6) is -0.143. The van der Waals surface area contributed by atoms with Crippen molar-refractivity contribution in [2.75, 3.05) is 34.3 Å². The minimum atomic E-state index is -1.03. The largest absolute Gasteiger partial charge is 0.493 e. The first-order valence-corrected chi connectivity index (χ1v) is 10.1. The molecule has 4 rings (SSSR count). The van der Waals surface area contributed by atoms with Crippen LogP contribution in [0.3, 0.4) is 0 Å². The summed E-state index contributed by atoms with van der Waals surface area (Å²) in [5.41, 5.74) is 1.42. The number of methoxy groups -OCH3 is 4. The van der Waals surface area contributed by atoms with Crippen LogP contribution in [0.2, 0.25) is 0 Å². The molecule has 0 bridgehead atoms. The highest BCUT2D eigenvalue weighted by atomic mass is 32.2. The fourth-order valence-corrected chi connectivity index (χ4v) is 5.19. The number of fused-ring (bicyclic) bond motifs is 4. The number of carbonyl (C=O) groups excluding carboxylic acids is 1. The lowest BCUT2D eigenvalue weighted by Crippen LogP contribution is -2.46. The molecule has 158 valence electrons. The summed E-state index contributed by atoms with van der Waals surface area (Å²) in [4.78, 5) is 28.2. The maximum absolute atomic E-state index is 13.3. The summed E-state index contributed by atoms with van der Waals surface area (Å²) in [5, 5.41) is 10.2. The van der Waals surface area contributed by atoms with Crippen molar-refractivity contribution >= 4 is 23.6 Å². The quantitative estimate of drug-likeness (QED) is 0.772. The Hall–Kier alpha value is -3.07. The summed E-state index contributed by atoms with van der Waals surface area (Å²) >= 11 is 1.45. The van der Waals surface area contributed by atoms with E-state index in [4.69, 9.17) is 18.9 Å². The number of nitrogens with zero attached hydrogens (tertiary/aromatic N) is 1. The lowest BCUT2D eigenvalue weighted by Gasteiger charge is -2.44. The van der Waals surface area contributed by atoms with Crippen molar-refractivity contribution in [3.8, 4) is 23.0 Å². The smallest absolute Gasteiger partial charge is 0.313 e. The Bertz CT molecular complexity index is 1040. The van der Waals surface area contributed by atoms with E-state index in [1.54, 1.807) is 30.2 Å². The van der Waals surface area contributed by atoms with Gasteiger partial charge in [0.1, 0.15) is 5.92 Å². The van der Waals surface area contributed by atoms with E-state index in [1.807, 2.05) is 6.07 Å². The third-order valence-corrected chi connectivity index (χ3v) is 6.57. The third kappa shape index (κ3) is 2.92. The number of carbonyl (C=O) groups is 2. The molecular formula is C21H21NO7S. The Labute approximate surface area is 177 Å². The minimum Gasteiger partial charge on any atom is -0.493 e. The molecule has 0 radical (unpaired) electrons.